The zero-order valence-electron chi connectivity index (χ0n) is 13.3. The molecule has 0 aliphatic rings. The fourth-order valence-corrected chi connectivity index (χ4v) is 2.02. The third-order valence-electron chi connectivity index (χ3n) is 3.27. The lowest BCUT2D eigenvalue weighted by atomic mass is 10.0. The summed E-state index contributed by atoms with van der Waals surface area (Å²) in [4.78, 5) is 4.44. The van der Waals surface area contributed by atoms with Crippen molar-refractivity contribution in [3.63, 3.8) is 0 Å². The Morgan fingerprint density at radius 1 is 1.33 bits per heavy atom. The van der Waals surface area contributed by atoms with Crippen molar-refractivity contribution in [2.24, 2.45) is 5.73 Å². The molecule has 2 aromatic rings. The standard InChI is InChI=1S/C16H23N3O2/c1-10(2)20-9-16(5,17)15-18-14(21-19-15)13-7-6-11(3)8-12(13)4/h6-8,10H,9,17H2,1-5H3. The first-order chi connectivity index (χ1) is 9.79. The fourth-order valence-electron chi connectivity index (χ4n) is 2.02. The molecule has 21 heavy (non-hydrogen) atoms. The van der Waals surface area contributed by atoms with E-state index >= 15 is 0 Å². The Bertz CT molecular complexity index is 618. The van der Waals surface area contributed by atoms with E-state index in [-0.39, 0.29) is 6.10 Å². The van der Waals surface area contributed by atoms with Gasteiger partial charge in [0.2, 0.25) is 0 Å². The van der Waals surface area contributed by atoms with Gasteiger partial charge in [-0.05, 0) is 46.2 Å². The van der Waals surface area contributed by atoms with Gasteiger partial charge in [-0.25, -0.2) is 0 Å². The largest absolute Gasteiger partial charge is 0.376 e. The van der Waals surface area contributed by atoms with E-state index < -0.39 is 5.54 Å². The molecule has 0 amide bonds. The molecule has 0 radical (unpaired) electrons. The third-order valence-corrected chi connectivity index (χ3v) is 3.27. The highest BCUT2D eigenvalue weighted by Crippen LogP contribution is 2.25. The molecule has 2 N–H and O–H groups in total. The molecule has 0 aliphatic carbocycles. The maximum absolute atomic E-state index is 6.23. The summed E-state index contributed by atoms with van der Waals surface area (Å²) in [6, 6.07) is 6.10. The van der Waals surface area contributed by atoms with Gasteiger partial charge in [0, 0.05) is 5.56 Å². The van der Waals surface area contributed by atoms with Crippen molar-refractivity contribution in [1.82, 2.24) is 10.1 Å². The maximum Gasteiger partial charge on any atom is 0.258 e. The first-order valence-corrected chi connectivity index (χ1v) is 7.12. The number of aromatic nitrogens is 2. The van der Waals surface area contributed by atoms with Crippen LogP contribution in [0.3, 0.4) is 0 Å². The molecule has 0 saturated heterocycles. The van der Waals surface area contributed by atoms with Crippen molar-refractivity contribution >= 4 is 0 Å². The maximum atomic E-state index is 6.23. The first kappa shape index (κ1) is 15.7. The van der Waals surface area contributed by atoms with Crippen molar-refractivity contribution in [1.29, 1.82) is 0 Å². The Morgan fingerprint density at radius 2 is 2.05 bits per heavy atom. The summed E-state index contributed by atoms with van der Waals surface area (Å²) >= 11 is 0. The van der Waals surface area contributed by atoms with Gasteiger partial charge in [-0.3, -0.25) is 0 Å². The molecule has 0 spiro atoms. The third kappa shape index (κ3) is 3.68. The zero-order valence-corrected chi connectivity index (χ0v) is 13.3. The van der Waals surface area contributed by atoms with Crippen molar-refractivity contribution in [2.75, 3.05) is 6.61 Å². The Labute approximate surface area is 125 Å². The molecule has 1 atom stereocenters. The molecule has 1 aromatic heterocycles. The number of ether oxygens (including phenoxy) is 1. The predicted molar refractivity (Wildman–Crippen MR) is 81.8 cm³/mol. The number of hydrogen-bond acceptors (Lipinski definition) is 5. The molecule has 114 valence electrons. The van der Waals surface area contributed by atoms with Crippen molar-refractivity contribution in [3.8, 4) is 11.5 Å². The smallest absolute Gasteiger partial charge is 0.258 e. The van der Waals surface area contributed by atoms with E-state index in [2.05, 4.69) is 23.1 Å². The summed E-state index contributed by atoms with van der Waals surface area (Å²) in [6.07, 6.45) is 0.110. The second kappa shape index (κ2) is 5.95. The molecule has 5 nitrogen and oxygen atoms in total. The highest BCUT2D eigenvalue weighted by Gasteiger charge is 2.28. The van der Waals surface area contributed by atoms with Gasteiger partial charge in [-0.1, -0.05) is 22.9 Å². The van der Waals surface area contributed by atoms with Crippen LogP contribution in [0.1, 0.15) is 37.7 Å². The van der Waals surface area contributed by atoms with Crippen LogP contribution in [0, 0.1) is 13.8 Å². The monoisotopic (exact) mass is 289 g/mol. The lowest BCUT2D eigenvalue weighted by Gasteiger charge is -2.21. The van der Waals surface area contributed by atoms with Gasteiger partial charge in [-0.15, -0.1) is 0 Å². The molecular weight excluding hydrogens is 266 g/mol. The van der Waals surface area contributed by atoms with Crippen molar-refractivity contribution in [3.05, 3.63) is 35.2 Å². The Kier molecular flexibility index (Phi) is 4.44. The minimum atomic E-state index is -0.773. The Morgan fingerprint density at radius 3 is 2.67 bits per heavy atom. The number of nitrogens with two attached hydrogens (primary N) is 1. The van der Waals surface area contributed by atoms with Gasteiger partial charge in [0.1, 0.15) is 5.54 Å². The normalized spacial score (nSPS) is 14.4. The average Bonchev–Trinajstić information content (AvgIpc) is 2.86. The lowest BCUT2D eigenvalue weighted by Crippen LogP contribution is -2.40. The number of benzene rings is 1. The van der Waals surface area contributed by atoms with Crippen LogP contribution >= 0.6 is 0 Å². The quantitative estimate of drug-likeness (QED) is 0.916. The summed E-state index contributed by atoms with van der Waals surface area (Å²) in [5, 5.41) is 4.01. The molecule has 1 heterocycles. The van der Waals surface area contributed by atoms with Gasteiger partial charge in [0.15, 0.2) is 5.82 Å². The van der Waals surface area contributed by atoms with E-state index in [4.69, 9.17) is 15.0 Å². The molecule has 0 aliphatic heterocycles. The molecule has 2 rings (SSSR count). The van der Waals surface area contributed by atoms with E-state index in [0.29, 0.717) is 18.3 Å². The first-order valence-electron chi connectivity index (χ1n) is 7.12. The van der Waals surface area contributed by atoms with Gasteiger partial charge in [0.25, 0.3) is 5.89 Å². The summed E-state index contributed by atoms with van der Waals surface area (Å²) in [5.41, 5.74) is 8.69. The number of hydrogen-bond donors (Lipinski definition) is 1. The van der Waals surface area contributed by atoms with E-state index in [1.165, 1.54) is 5.56 Å². The van der Waals surface area contributed by atoms with Crippen LogP contribution in [0.25, 0.3) is 11.5 Å². The molecule has 1 aromatic carbocycles. The zero-order chi connectivity index (χ0) is 15.6. The Balaban J connectivity index is 2.25. The fraction of sp³-hybridized carbons (Fsp3) is 0.500. The number of rotatable bonds is 5. The van der Waals surface area contributed by atoms with E-state index in [1.54, 1.807) is 0 Å². The lowest BCUT2D eigenvalue weighted by molar-refractivity contribution is 0.0410. The summed E-state index contributed by atoms with van der Waals surface area (Å²) in [7, 11) is 0. The minimum absolute atomic E-state index is 0.110. The van der Waals surface area contributed by atoms with Crippen LogP contribution < -0.4 is 5.73 Å². The second-order valence-electron chi connectivity index (χ2n) is 6.02. The van der Waals surface area contributed by atoms with E-state index in [0.717, 1.165) is 11.1 Å². The Hall–Kier alpha value is -1.72. The predicted octanol–water partition coefficient (Wildman–Crippen LogP) is 2.95. The highest BCUT2D eigenvalue weighted by atomic mass is 16.5. The van der Waals surface area contributed by atoms with Crippen LogP contribution in [-0.4, -0.2) is 22.9 Å². The van der Waals surface area contributed by atoms with E-state index in [9.17, 15) is 0 Å². The molecule has 0 fully saturated rings. The molecule has 1 unspecified atom stereocenters. The molecule has 5 heteroatoms. The summed E-state index contributed by atoms with van der Waals surface area (Å²) < 4.78 is 10.9. The summed E-state index contributed by atoms with van der Waals surface area (Å²) in [5.74, 6) is 0.946. The molecule has 0 saturated carbocycles. The second-order valence-corrected chi connectivity index (χ2v) is 6.02. The highest BCUT2D eigenvalue weighted by molar-refractivity contribution is 5.58. The molecular formula is C16H23N3O2. The SMILES string of the molecule is Cc1ccc(-c2nc(C(C)(N)COC(C)C)no2)c(C)c1. The number of nitrogens with zero attached hydrogens (tertiary/aromatic N) is 2. The van der Waals surface area contributed by atoms with Crippen LogP contribution in [0.2, 0.25) is 0 Å². The van der Waals surface area contributed by atoms with Gasteiger partial charge < -0.3 is 15.0 Å². The molecule has 0 bridgehead atoms. The van der Waals surface area contributed by atoms with Crippen LogP contribution in [0.15, 0.2) is 22.7 Å². The van der Waals surface area contributed by atoms with Gasteiger partial charge in [0.05, 0.1) is 12.7 Å². The minimum Gasteiger partial charge on any atom is -0.376 e. The number of aryl methyl sites for hydroxylation is 2. The van der Waals surface area contributed by atoms with E-state index in [1.807, 2.05) is 39.8 Å². The average molecular weight is 289 g/mol. The topological polar surface area (TPSA) is 74.2 Å². The van der Waals surface area contributed by atoms with Crippen molar-refractivity contribution in [2.45, 2.75) is 46.3 Å². The van der Waals surface area contributed by atoms with Crippen LogP contribution in [0.4, 0.5) is 0 Å². The summed E-state index contributed by atoms with van der Waals surface area (Å²) in [6.45, 7) is 10.2. The van der Waals surface area contributed by atoms with Crippen LogP contribution in [0.5, 0.6) is 0 Å². The van der Waals surface area contributed by atoms with Crippen LogP contribution in [-0.2, 0) is 10.3 Å². The van der Waals surface area contributed by atoms with Gasteiger partial charge in [-0.2, -0.15) is 4.98 Å². The van der Waals surface area contributed by atoms with Gasteiger partial charge >= 0.3 is 0 Å². The van der Waals surface area contributed by atoms with Crippen molar-refractivity contribution < 1.29 is 9.26 Å².